The van der Waals surface area contributed by atoms with Crippen LogP contribution in [0.4, 0.5) is 14.5 Å². The van der Waals surface area contributed by atoms with Gasteiger partial charge in [-0.1, -0.05) is 18.2 Å². The SMILES string of the molecule is NC1CCN(S(=O)(=O)C(F)F)c2ccccc21. The summed E-state index contributed by atoms with van der Waals surface area (Å²) in [5, 5.41) is 0. The highest BCUT2D eigenvalue weighted by Crippen LogP contribution is 2.35. The maximum atomic E-state index is 12.5. The molecule has 1 aliphatic heterocycles. The lowest BCUT2D eigenvalue weighted by molar-refractivity contribution is 0.234. The largest absolute Gasteiger partial charge is 0.355 e. The number of benzene rings is 1. The summed E-state index contributed by atoms with van der Waals surface area (Å²) in [5.74, 6) is -3.41. The summed E-state index contributed by atoms with van der Waals surface area (Å²) >= 11 is 0. The molecule has 1 aromatic carbocycles. The van der Waals surface area contributed by atoms with E-state index in [2.05, 4.69) is 0 Å². The third kappa shape index (κ3) is 2.00. The minimum atomic E-state index is -4.59. The van der Waals surface area contributed by atoms with Crippen LogP contribution in [0.25, 0.3) is 0 Å². The molecular formula is C10H12F2N2O2S. The van der Waals surface area contributed by atoms with Crippen LogP contribution in [0.3, 0.4) is 0 Å². The van der Waals surface area contributed by atoms with Crippen molar-refractivity contribution in [3.8, 4) is 0 Å². The first kappa shape index (κ1) is 12.3. The Kier molecular flexibility index (Phi) is 3.05. The zero-order chi connectivity index (χ0) is 12.6. The fourth-order valence-corrected chi connectivity index (χ4v) is 2.91. The molecule has 1 unspecified atom stereocenters. The zero-order valence-corrected chi connectivity index (χ0v) is 9.70. The summed E-state index contributed by atoms with van der Waals surface area (Å²) in [4.78, 5) is 0. The van der Waals surface area contributed by atoms with Crippen molar-refractivity contribution in [2.75, 3.05) is 10.8 Å². The molecule has 1 aliphatic rings. The lowest BCUT2D eigenvalue weighted by Crippen LogP contribution is -2.41. The van der Waals surface area contributed by atoms with Gasteiger partial charge in [-0.2, -0.15) is 8.78 Å². The predicted molar refractivity (Wildman–Crippen MR) is 60.3 cm³/mol. The van der Waals surface area contributed by atoms with Crippen LogP contribution in [0, 0.1) is 0 Å². The number of hydrogen-bond donors (Lipinski definition) is 1. The highest BCUT2D eigenvalue weighted by molar-refractivity contribution is 7.93. The van der Waals surface area contributed by atoms with Gasteiger partial charge in [0.25, 0.3) is 10.0 Å². The molecule has 0 aliphatic carbocycles. The highest BCUT2D eigenvalue weighted by atomic mass is 32.2. The molecule has 0 saturated carbocycles. The summed E-state index contributed by atoms with van der Waals surface area (Å²) in [6.07, 6.45) is 0.336. The first-order chi connectivity index (χ1) is 7.94. The van der Waals surface area contributed by atoms with E-state index < -0.39 is 15.8 Å². The summed E-state index contributed by atoms with van der Waals surface area (Å²) in [5.41, 5.74) is 6.66. The maximum absolute atomic E-state index is 12.5. The second kappa shape index (κ2) is 4.23. The van der Waals surface area contributed by atoms with Crippen molar-refractivity contribution in [2.24, 2.45) is 5.73 Å². The molecule has 7 heteroatoms. The van der Waals surface area contributed by atoms with E-state index in [9.17, 15) is 17.2 Å². The van der Waals surface area contributed by atoms with E-state index in [-0.39, 0.29) is 18.3 Å². The Morgan fingerprint density at radius 3 is 2.65 bits per heavy atom. The number of halogens is 2. The van der Waals surface area contributed by atoms with Crippen LogP contribution < -0.4 is 10.0 Å². The molecule has 94 valence electrons. The van der Waals surface area contributed by atoms with Crippen LogP contribution in [0.5, 0.6) is 0 Å². The third-order valence-corrected chi connectivity index (χ3v) is 4.22. The maximum Gasteiger partial charge on any atom is 0.355 e. The summed E-state index contributed by atoms with van der Waals surface area (Å²) < 4.78 is 48.8. The molecule has 0 saturated heterocycles. The van der Waals surface area contributed by atoms with Crippen LogP contribution >= 0.6 is 0 Å². The standard InChI is InChI=1S/C10H12F2N2O2S/c11-10(12)17(15,16)14-6-5-8(13)7-3-1-2-4-9(7)14/h1-4,8,10H,5-6,13H2. The van der Waals surface area contributed by atoms with Gasteiger partial charge < -0.3 is 5.73 Å². The zero-order valence-electron chi connectivity index (χ0n) is 8.88. The average molecular weight is 262 g/mol. The summed E-state index contributed by atoms with van der Waals surface area (Å²) in [6, 6.07) is 6.15. The predicted octanol–water partition coefficient (Wildman–Crippen LogP) is 1.45. The van der Waals surface area contributed by atoms with Gasteiger partial charge in [0.2, 0.25) is 0 Å². The van der Waals surface area contributed by atoms with Crippen LogP contribution in [-0.4, -0.2) is 20.7 Å². The minimum absolute atomic E-state index is 0.00907. The van der Waals surface area contributed by atoms with Crippen molar-refractivity contribution in [2.45, 2.75) is 18.2 Å². The van der Waals surface area contributed by atoms with E-state index >= 15 is 0 Å². The first-order valence-electron chi connectivity index (χ1n) is 5.09. The molecule has 2 rings (SSSR count). The van der Waals surface area contributed by atoms with E-state index in [1.165, 1.54) is 6.07 Å². The molecule has 17 heavy (non-hydrogen) atoms. The Labute approximate surface area is 98.1 Å². The van der Waals surface area contributed by atoms with Crippen LogP contribution in [0.15, 0.2) is 24.3 Å². The van der Waals surface area contributed by atoms with E-state index in [0.717, 1.165) is 4.31 Å². The first-order valence-corrected chi connectivity index (χ1v) is 6.59. The summed E-state index contributed by atoms with van der Waals surface area (Å²) in [6.45, 7) is -0.00907. The Balaban J connectivity index is 2.51. The number of anilines is 1. The number of fused-ring (bicyclic) bond motifs is 1. The van der Waals surface area contributed by atoms with Crippen molar-refractivity contribution in [3.05, 3.63) is 29.8 Å². The van der Waals surface area contributed by atoms with Crippen molar-refractivity contribution in [3.63, 3.8) is 0 Å². The van der Waals surface area contributed by atoms with Crippen LogP contribution in [0.1, 0.15) is 18.0 Å². The Morgan fingerprint density at radius 1 is 1.35 bits per heavy atom. The minimum Gasteiger partial charge on any atom is -0.324 e. The molecule has 1 atom stereocenters. The number of alkyl halides is 2. The average Bonchev–Trinajstić information content (AvgIpc) is 2.29. The Morgan fingerprint density at radius 2 is 2.00 bits per heavy atom. The third-order valence-electron chi connectivity index (χ3n) is 2.78. The number of nitrogens with zero attached hydrogens (tertiary/aromatic N) is 1. The second-order valence-electron chi connectivity index (χ2n) is 3.83. The fraction of sp³-hybridized carbons (Fsp3) is 0.400. The quantitative estimate of drug-likeness (QED) is 0.877. The van der Waals surface area contributed by atoms with Gasteiger partial charge in [-0.05, 0) is 18.1 Å². The number of sulfonamides is 1. The molecule has 0 bridgehead atoms. The van der Waals surface area contributed by atoms with Crippen molar-refractivity contribution in [1.82, 2.24) is 0 Å². The smallest absolute Gasteiger partial charge is 0.324 e. The lowest BCUT2D eigenvalue weighted by atomic mass is 9.99. The van der Waals surface area contributed by atoms with E-state index in [1.807, 2.05) is 0 Å². The normalized spacial score (nSPS) is 20.5. The van der Waals surface area contributed by atoms with Crippen LogP contribution in [-0.2, 0) is 10.0 Å². The van der Waals surface area contributed by atoms with Gasteiger partial charge in [-0.25, -0.2) is 8.42 Å². The van der Waals surface area contributed by atoms with Gasteiger partial charge in [-0.15, -0.1) is 0 Å². The highest BCUT2D eigenvalue weighted by Gasteiger charge is 2.36. The molecule has 2 N–H and O–H groups in total. The lowest BCUT2D eigenvalue weighted by Gasteiger charge is -2.32. The number of hydrogen-bond acceptors (Lipinski definition) is 3. The molecule has 4 nitrogen and oxygen atoms in total. The van der Waals surface area contributed by atoms with Gasteiger partial charge in [0.15, 0.2) is 0 Å². The molecule has 0 radical (unpaired) electrons. The number of nitrogens with two attached hydrogens (primary N) is 1. The van der Waals surface area contributed by atoms with E-state index in [1.54, 1.807) is 18.2 Å². The molecule has 0 amide bonds. The fourth-order valence-electron chi connectivity index (χ4n) is 1.92. The topological polar surface area (TPSA) is 63.4 Å². The molecule has 1 aromatic rings. The molecule has 1 heterocycles. The van der Waals surface area contributed by atoms with Gasteiger partial charge >= 0.3 is 5.76 Å². The number of rotatable bonds is 2. The molecule has 0 fully saturated rings. The van der Waals surface area contributed by atoms with Crippen molar-refractivity contribution >= 4 is 15.7 Å². The Bertz CT molecular complexity index is 519. The van der Waals surface area contributed by atoms with E-state index in [4.69, 9.17) is 5.73 Å². The monoisotopic (exact) mass is 262 g/mol. The molecule has 0 spiro atoms. The van der Waals surface area contributed by atoms with E-state index in [0.29, 0.717) is 12.0 Å². The van der Waals surface area contributed by atoms with Gasteiger partial charge in [0, 0.05) is 12.6 Å². The summed E-state index contributed by atoms with van der Waals surface area (Å²) in [7, 11) is -4.59. The van der Waals surface area contributed by atoms with Gasteiger partial charge in [0.1, 0.15) is 0 Å². The van der Waals surface area contributed by atoms with Crippen molar-refractivity contribution in [1.29, 1.82) is 0 Å². The van der Waals surface area contributed by atoms with Crippen molar-refractivity contribution < 1.29 is 17.2 Å². The Hall–Kier alpha value is -1.21. The second-order valence-corrected chi connectivity index (χ2v) is 5.66. The van der Waals surface area contributed by atoms with Gasteiger partial charge in [-0.3, -0.25) is 4.31 Å². The van der Waals surface area contributed by atoms with Gasteiger partial charge in [0.05, 0.1) is 5.69 Å². The number of para-hydroxylation sites is 1. The molecule has 0 aromatic heterocycles. The van der Waals surface area contributed by atoms with Crippen LogP contribution in [0.2, 0.25) is 0 Å². The molecular weight excluding hydrogens is 250 g/mol.